The Morgan fingerprint density at radius 3 is 2.87 bits per heavy atom. The molecule has 0 saturated heterocycles. The number of nitrogens with zero attached hydrogens (tertiary/aromatic N) is 2. The molecule has 1 aromatic rings. The summed E-state index contributed by atoms with van der Waals surface area (Å²) in [7, 11) is 0. The van der Waals surface area contributed by atoms with E-state index in [4.69, 9.17) is 9.26 Å². The molecule has 0 aromatic carbocycles. The number of aromatic nitrogens is 2. The molecule has 0 radical (unpaired) electrons. The van der Waals surface area contributed by atoms with Crippen molar-refractivity contribution in [1.82, 2.24) is 10.1 Å². The highest BCUT2D eigenvalue weighted by Gasteiger charge is 2.36. The lowest BCUT2D eigenvalue weighted by molar-refractivity contribution is 0.0384. The van der Waals surface area contributed by atoms with Crippen molar-refractivity contribution in [3.05, 3.63) is 11.7 Å². The molecule has 2 rings (SSSR count). The highest BCUT2D eigenvalue weighted by molar-refractivity contribution is 5.89. The van der Waals surface area contributed by atoms with Gasteiger partial charge in [0, 0.05) is 13.5 Å². The van der Waals surface area contributed by atoms with Crippen LogP contribution in [0.25, 0.3) is 0 Å². The van der Waals surface area contributed by atoms with Crippen molar-refractivity contribution < 1.29 is 14.1 Å². The molecular formula is C10H14N2O3. The van der Waals surface area contributed by atoms with Crippen LogP contribution in [-0.4, -0.2) is 22.5 Å². The molecule has 0 spiro atoms. The monoisotopic (exact) mass is 210 g/mol. The summed E-state index contributed by atoms with van der Waals surface area (Å²) in [4.78, 5) is 15.0. The second-order valence-electron chi connectivity index (χ2n) is 3.73. The van der Waals surface area contributed by atoms with Crippen molar-refractivity contribution in [2.75, 3.05) is 6.61 Å². The molecule has 1 aliphatic rings. The van der Waals surface area contributed by atoms with Gasteiger partial charge in [0.05, 0.1) is 0 Å². The summed E-state index contributed by atoms with van der Waals surface area (Å²) in [6.45, 7) is 3.95. The molecule has 1 unspecified atom stereocenters. The predicted octanol–water partition coefficient (Wildman–Crippen LogP) is 1.76. The summed E-state index contributed by atoms with van der Waals surface area (Å²) in [6, 6.07) is 0. The van der Waals surface area contributed by atoms with E-state index in [-0.39, 0.29) is 17.8 Å². The number of ketones is 1. The molecular weight excluding hydrogens is 196 g/mol. The Balaban J connectivity index is 2.14. The smallest absolute Gasteiger partial charge is 0.293 e. The standard InChI is InChI=1S/C10H14N2O3/c1-3-14-8(7-4-5-7)9-11-10(6(2)13)15-12-9/h7-8H,3-5H2,1-2H3. The minimum absolute atomic E-state index is 0.0651. The van der Waals surface area contributed by atoms with E-state index >= 15 is 0 Å². The SMILES string of the molecule is CCOC(c1noc(C(C)=O)n1)C1CC1. The fraction of sp³-hybridized carbons (Fsp3) is 0.700. The number of Topliss-reactive ketones (excluding diaryl/α,β-unsaturated/α-hetero) is 1. The molecule has 1 fully saturated rings. The van der Waals surface area contributed by atoms with E-state index in [2.05, 4.69) is 10.1 Å². The van der Waals surface area contributed by atoms with Crippen LogP contribution in [0.1, 0.15) is 49.3 Å². The van der Waals surface area contributed by atoms with Gasteiger partial charge in [-0.1, -0.05) is 5.16 Å². The van der Waals surface area contributed by atoms with Crippen LogP contribution in [0.15, 0.2) is 4.52 Å². The molecule has 0 bridgehead atoms. The molecule has 5 nitrogen and oxygen atoms in total. The molecule has 1 heterocycles. The van der Waals surface area contributed by atoms with E-state index in [0.717, 1.165) is 12.8 Å². The highest BCUT2D eigenvalue weighted by Crippen LogP contribution is 2.42. The van der Waals surface area contributed by atoms with Gasteiger partial charge in [0.25, 0.3) is 5.89 Å². The number of ether oxygens (including phenoxy) is 1. The van der Waals surface area contributed by atoms with Crippen LogP contribution < -0.4 is 0 Å². The molecule has 1 atom stereocenters. The minimum Gasteiger partial charge on any atom is -0.370 e. The maximum atomic E-state index is 11.0. The molecule has 0 amide bonds. The molecule has 15 heavy (non-hydrogen) atoms. The lowest BCUT2D eigenvalue weighted by Gasteiger charge is -2.10. The van der Waals surface area contributed by atoms with Crippen molar-refractivity contribution >= 4 is 5.78 Å². The predicted molar refractivity (Wildman–Crippen MR) is 51.4 cm³/mol. The Kier molecular flexibility index (Phi) is 2.81. The van der Waals surface area contributed by atoms with Crippen molar-refractivity contribution in [2.45, 2.75) is 32.8 Å². The van der Waals surface area contributed by atoms with Crippen LogP contribution >= 0.6 is 0 Å². The van der Waals surface area contributed by atoms with Gasteiger partial charge in [-0.25, -0.2) is 0 Å². The molecule has 1 aliphatic carbocycles. The summed E-state index contributed by atoms with van der Waals surface area (Å²) in [5.74, 6) is 0.849. The Labute approximate surface area is 87.8 Å². The number of carbonyl (C=O) groups excluding carboxylic acids is 1. The molecule has 1 saturated carbocycles. The van der Waals surface area contributed by atoms with Crippen LogP contribution in [-0.2, 0) is 4.74 Å². The summed E-state index contributed by atoms with van der Waals surface area (Å²) in [5.41, 5.74) is 0. The first-order valence-corrected chi connectivity index (χ1v) is 5.18. The van der Waals surface area contributed by atoms with Gasteiger partial charge < -0.3 is 9.26 Å². The third-order valence-corrected chi connectivity index (χ3v) is 2.39. The number of hydrogen-bond donors (Lipinski definition) is 0. The van der Waals surface area contributed by atoms with E-state index < -0.39 is 0 Å². The molecule has 82 valence electrons. The Morgan fingerprint density at radius 1 is 1.67 bits per heavy atom. The Morgan fingerprint density at radius 2 is 2.40 bits per heavy atom. The van der Waals surface area contributed by atoms with Gasteiger partial charge >= 0.3 is 0 Å². The second-order valence-corrected chi connectivity index (χ2v) is 3.73. The van der Waals surface area contributed by atoms with Crippen LogP contribution in [0.3, 0.4) is 0 Å². The van der Waals surface area contributed by atoms with Crippen LogP contribution in [0.4, 0.5) is 0 Å². The lowest BCUT2D eigenvalue weighted by Crippen LogP contribution is -2.08. The largest absolute Gasteiger partial charge is 0.370 e. The average molecular weight is 210 g/mol. The van der Waals surface area contributed by atoms with Crippen molar-refractivity contribution in [2.24, 2.45) is 5.92 Å². The number of rotatable bonds is 5. The summed E-state index contributed by atoms with van der Waals surface area (Å²) in [5, 5.41) is 3.79. The van der Waals surface area contributed by atoms with E-state index in [0.29, 0.717) is 18.3 Å². The molecule has 0 N–H and O–H groups in total. The summed E-state index contributed by atoms with van der Waals surface area (Å²) in [6.07, 6.45) is 2.16. The Bertz CT molecular complexity index is 357. The van der Waals surface area contributed by atoms with E-state index in [1.165, 1.54) is 6.92 Å². The first kappa shape index (κ1) is 10.3. The molecule has 0 aliphatic heterocycles. The average Bonchev–Trinajstić information content (AvgIpc) is 2.91. The van der Waals surface area contributed by atoms with Crippen molar-refractivity contribution in [1.29, 1.82) is 0 Å². The van der Waals surface area contributed by atoms with Gasteiger partial charge in [0.2, 0.25) is 11.6 Å². The second kappa shape index (κ2) is 4.10. The zero-order valence-electron chi connectivity index (χ0n) is 8.90. The van der Waals surface area contributed by atoms with Crippen molar-refractivity contribution in [3.63, 3.8) is 0 Å². The van der Waals surface area contributed by atoms with Gasteiger partial charge in [-0.3, -0.25) is 4.79 Å². The van der Waals surface area contributed by atoms with Crippen molar-refractivity contribution in [3.8, 4) is 0 Å². The summed E-state index contributed by atoms with van der Waals surface area (Å²) >= 11 is 0. The molecule has 5 heteroatoms. The normalized spacial score (nSPS) is 17.7. The zero-order valence-corrected chi connectivity index (χ0v) is 8.90. The topological polar surface area (TPSA) is 65.2 Å². The first-order valence-electron chi connectivity index (χ1n) is 5.18. The van der Waals surface area contributed by atoms with E-state index in [1.54, 1.807) is 0 Å². The van der Waals surface area contributed by atoms with Gasteiger partial charge in [-0.2, -0.15) is 4.98 Å². The van der Waals surface area contributed by atoms with Crippen LogP contribution in [0.5, 0.6) is 0 Å². The maximum absolute atomic E-state index is 11.0. The zero-order chi connectivity index (χ0) is 10.8. The van der Waals surface area contributed by atoms with Crippen LogP contribution in [0, 0.1) is 5.92 Å². The fourth-order valence-corrected chi connectivity index (χ4v) is 1.49. The highest BCUT2D eigenvalue weighted by atomic mass is 16.5. The van der Waals surface area contributed by atoms with Gasteiger partial charge in [-0.15, -0.1) is 0 Å². The van der Waals surface area contributed by atoms with Gasteiger partial charge in [0.1, 0.15) is 6.10 Å². The van der Waals surface area contributed by atoms with Crippen LogP contribution in [0.2, 0.25) is 0 Å². The molecule has 1 aromatic heterocycles. The van der Waals surface area contributed by atoms with Gasteiger partial charge in [-0.05, 0) is 25.7 Å². The lowest BCUT2D eigenvalue weighted by atomic mass is 10.2. The summed E-state index contributed by atoms with van der Waals surface area (Å²) < 4.78 is 10.4. The van der Waals surface area contributed by atoms with E-state index in [9.17, 15) is 4.79 Å². The minimum atomic E-state index is -0.209. The van der Waals surface area contributed by atoms with Gasteiger partial charge in [0.15, 0.2) is 0 Å². The maximum Gasteiger partial charge on any atom is 0.293 e. The number of hydrogen-bond acceptors (Lipinski definition) is 5. The Hall–Kier alpha value is -1.23. The third kappa shape index (κ3) is 2.23. The van der Waals surface area contributed by atoms with E-state index in [1.807, 2.05) is 6.92 Å². The quantitative estimate of drug-likeness (QED) is 0.693. The third-order valence-electron chi connectivity index (χ3n) is 2.39. The number of carbonyl (C=O) groups is 1. The fourth-order valence-electron chi connectivity index (χ4n) is 1.49. The first-order chi connectivity index (χ1) is 7.22.